The Morgan fingerprint density at radius 1 is 1.04 bits per heavy atom. The van der Waals surface area contributed by atoms with Crippen molar-refractivity contribution in [1.29, 1.82) is 0 Å². The second kappa shape index (κ2) is 8.89. The van der Waals surface area contributed by atoms with Gasteiger partial charge in [0, 0.05) is 10.9 Å². The lowest BCUT2D eigenvalue weighted by Crippen LogP contribution is -2.39. The lowest BCUT2D eigenvalue weighted by Gasteiger charge is -2.22. The molecule has 5 nitrogen and oxygen atoms in total. The van der Waals surface area contributed by atoms with Gasteiger partial charge in [-0.2, -0.15) is 0 Å². The number of ether oxygens (including phenoxy) is 1. The van der Waals surface area contributed by atoms with Crippen LogP contribution in [0.4, 0.5) is 9.80 Å². The Bertz CT molecular complexity index is 648. The summed E-state index contributed by atoms with van der Waals surface area (Å²) in [6, 6.07) is 0.0412. The molecule has 2 aliphatic rings. The summed E-state index contributed by atoms with van der Waals surface area (Å²) >= 11 is 1.55. The Kier molecular flexibility index (Phi) is 6.57. The van der Waals surface area contributed by atoms with Gasteiger partial charge in [0.1, 0.15) is 5.00 Å². The van der Waals surface area contributed by atoms with Gasteiger partial charge in [0.15, 0.2) is 0 Å². The van der Waals surface area contributed by atoms with Crippen molar-refractivity contribution in [1.82, 2.24) is 5.32 Å². The maximum atomic E-state index is 12.7. The van der Waals surface area contributed by atoms with Crippen molar-refractivity contribution >= 4 is 28.3 Å². The molecular formula is C20H30N2O3S. The van der Waals surface area contributed by atoms with Crippen LogP contribution in [0.15, 0.2) is 0 Å². The van der Waals surface area contributed by atoms with E-state index in [0.717, 1.165) is 44.1 Å². The number of carbonyl (C=O) groups is 2. The van der Waals surface area contributed by atoms with E-state index < -0.39 is 0 Å². The third-order valence-corrected chi connectivity index (χ3v) is 6.34. The highest BCUT2D eigenvalue weighted by molar-refractivity contribution is 7.17. The van der Waals surface area contributed by atoms with Crippen LogP contribution in [0.2, 0.25) is 0 Å². The van der Waals surface area contributed by atoms with Gasteiger partial charge in [0.25, 0.3) is 0 Å². The zero-order valence-electron chi connectivity index (χ0n) is 15.9. The minimum absolute atomic E-state index is 0.173. The number of hydrogen-bond acceptors (Lipinski definition) is 4. The third kappa shape index (κ3) is 4.78. The number of nitrogens with one attached hydrogen (secondary N) is 2. The van der Waals surface area contributed by atoms with Crippen molar-refractivity contribution in [3.63, 3.8) is 0 Å². The van der Waals surface area contributed by atoms with Crippen molar-refractivity contribution in [2.75, 3.05) is 5.32 Å². The normalized spacial score (nSPS) is 18.1. The van der Waals surface area contributed by atoms with Gasteiger partial charge in [0.05, 0.1) is 11.7 Å². The smallest absolute Gasteiger partial charge is 0.341 e. The molecule has 1 aromatic heterocycles. The molecule has 2 amide bonds. The number of esters is 1. The molecule has 144 valence electrons. The zero-order chi connectivity index (χ0) is 18.5. The number of aryl methyl sites for hydroxylation is 1. The average Bonchev–Trinajstić information content (AvgIpc) is 2.76. The number of urea groups is 1. The SMILES string of the molecule is CC(C)OC(=O)c1c(NC(=O)NC2CCCCC2)sc2c1CCCCC2. The maximum Gasteiger partial charge on any atom is 0.341 e. The van der Waals surface area contributed by atoms with Gasteiger partial charge in [-0.1, -0.05) is 25.7 Å². The number of anilines is 1. The predicted octanol–water partition coefficient (Wildman–Crippen LogP) is 5.04. The summed E-state index contributed by atoms with van der Waals surface area (Å²) in [6.07, 6.45) is 10.8. The fraction of sp³-hybridized carbons (Fsp3) is 0.700. The summed E-state index contributed by atoms with van der Waals surface area (Å²) in [6.45, 7) is 3.71. The molecule has 1 aromatic rings. The van der Waals surface area contributed by atoms with Crippen LogP contribution in [0.5, 0.6) is 0 Å². The predicted molar refractivity (Wildman–Crippen MR) is 105 cm³/mol. The van der Waals surface area contributed by atoms with Crippen molar-refractivity contribution in [2.45, 2.75) is 90.2 Å². The molecule has 0 unspecified atom stereocenters. The van der Waals surface area contributed by atoms with E-state index in [2.05, 4.69) is 10.6 Å². The largest absolute Gasteiger partial charge is 0.459 e. The molecule has 1 heterocycles. The highest BCUT2D eigenvalue weighted by Gasteiger charge is 2.27. The van der Waals surface area contributed by atoms with Crippen LogP contribution in [0, 0.1) is 0 Å². The van der Waals surface area contributed by atoms with Gasteiger partial charge in [-0.05, 0) is 57.9 Å². The van der Waals surface area contributed by atoms with E-state index in [1.54, 1.807) is 11.3 Å². The number of carbonyl (C=O) groups excluding carboxylic acids is 2. The molecule has 0 radical (unpaired) electrons. The van der Waals surface area contributed by atoms with E-state index in [1.165, 1.54) is 30.6 Å². The molecule has 3 rings (SSSR count). The summed E-state index contributed by atoms with van der Waals surface area (Å²) in [5, 5.41) is 6.68. The van der Waals surface area contributed by atoms with E-state index in [9.17, 15) is 9.59 Å². The first kappa shape index (κ1) is 19.2. The number of amides is 2. The number of thiophene rings is 1. The Balaban J connectivity index is 1.78. The Morgan fingerprint density at radius 2 is 1.73 bits per heavy atom. The van der Waals surface area contributed by atoms with Crippen LogP contribution in [0.3, 0.4) is 0 Å². The second-order valence-electron chi connectivity index (χ2n) is 7.66. The first-order valence-electron chi connectivity index (χ1n) is 9.97. The number of hydrogen-bond donors (Lipinski definition) is 2. The molecule has 0 saturated heterocycles. The monoisotopic (exact) mass is 378 g/mol. The second-order valence-corrected chi connectivity index (χ2v) is 8.76. The first-order chi connectivity index (χ1) is 12.5. The Morgan fingerprint density at radius 3 is 2.46 bits per heavy atom. The summed E-state index contributed by atoms with van der Waals surface area (Å²) in [7, 11) is 0. The first-order valence-corrected chi connectivity index (χ1v) is 10.8. The topological polar surface area (TPSA) is 67.4 Å². The van der Waals surface area contributed by atoms with Crippen LogP contribution in [0.1, 0.15) is 86.0 Å². The molecule has 1 saturated carbocycles. The fourth-order valence-corrected chi connectivity index (χ4v) is 5.16. The van der Waals surface area contributed by atoms with Gasteiger partial charge in [-0.25, -0.2) is 9.59 Å². The molecule has 1 fully saturated rings. The van der Waals surface area contributed by atoms with E-state index in [0.29, 0.717) is 10.6 Å². The van der Waals surface area contributed by atoms with Gasteiger partial charge in [0.2, 0.25) is 0 Å². The van der Waals surface area contributed by atoms with Crippen molar-refractivity contribution in [3.05, 3.63) is 16.0 Å². The zero-order valence-corrected chi connectivity index (χ0v) is 16.7. The van der Waals surface area contributed by atoms with Crippen molar-refractivity contribution < 1.29 is 14.3 Å². The lowest BCUT2D eigenvalue weighted by atomic mass is 9.96. The third-order valence-electron chi connectivity index (χ3n) is 5.14. The molecule has 2 aliphatic carbocycles. The standard InChI is InChI=1S/C20H30N2O3S/c1-13(2)25-19(23)17-15-11-7-4-8-12-16(15)26-18(17)22-20(24)21-14-9-5-3-6-10-14/h13-14H,3-12H2,1-2H3,(H2,21,22,24). The van der Waals surface area contributed by atoms with Gasteiger partial charge in [-0.3, -0.25) is 5.32 Å². The number of rotatable bonds is 4. The summed E-state index contributed by atoms with van der Waals surface area (Å²) in [5.41, 5.74) is 1.67. The highest BCUT2D eigenvalue weighted by atomic mass is 32.1. The molecular weight excluding hydrogens is 348 g/mol. The molecule has 0 bridgehead atoms. The van der Waals surface area contributed by atoms with Crippen LogP contribution in [-0.4, -0.2) is 24.1 Å². The van der Waals surface area contributed by atoms with E-state index in [4.69, 9.17) is 4.74 Å². The van der Waals surface area contributed by atoms with Crippen molar-refractivity contribution in [2.24, 2.45) is 0 Å². The van der Waals surface area contributed by atoms with Gasteiger partial charge < -0.3 is 10.1 Å². The molecule has 0 aromatic carbocycles. The molecule has 0 atom stereocenters. The van der Waals surface area contributed by atoms with Crippen LogP contribution in [0.25, 0.3) is 0 Å². The van der Waals surface area contributed by atoms with E-state index in [-0.39, 0.29) is 24.1 Å². The minimum atomic E-state index is -0.313. The molecule has 0 spiro atoms. The molecule has 26 heavy (non-hydrogen) atoms. The maximum absolute atomic E-state index is 12.7. The summed E-state index contributed by atoms with van der Waals surface area (Å²) < 4.78 is 5.47. The van der Waals surface area contributed by atoms with Crippen LogP contribution in [-0.2, 0) is 17.6 Å². The Hall–Kier alpha value is -1.56. The average molecular weight is 379 g/mol. The Labute approximate surface area is 159 Å². The fourth-order valence-electron chi connectivity index (χ4n) is 3.89. The number of fused-ring (bicyclic) bond motifs is 1. The van der Waals surface area contributed by atoms with Crippen LogP contribution < -0.4 is 10.6 Å². The van der Waals surface area contributed by atoms with Crippen molar-refractivity contribution in [3.8, 4) is 0 Å². The van der Waals surface area contributed by atoms with Gasteiger partial charge in [-0.15, -0.1) is 11.3 Å². The van der Waals surface area contributed by atoms with Crippen LogP contribution >= 0.6 is 11.3 Å². The summed E-state index contributed by atoms with van der Waals surface area (Å²) in [4.78, 5) is 26.4. The quantitative estimate of drug-likeness (QED) is 0.570. The molecule has 6 heteroatoms. The van der Waals surface area contributed by atoms with Gasteiger partial charge >= 0.3 is 12.0 Å². The van der Waals surface area contributed by atoms with E-state index >= 15 is 0 Å². The summed E-state index contributed by atoms with van der Waals surface area (Å²) in [5.74, 6) is -0.313. The minimum Gasteiger partial charge on any atom is -0.459 e. The highest BCUT2D eigenvalue weighted by Crippen LogP contribution is 2.38. The lowest BCUT2D eigenvalue weighted by molar-refractivity contribution is 0.0378. The van der Waals surface area contributed by atoms with E-state index in [1.807, 2.05) is 13.8 Å². The molecule has 0 aliphatic heterocycles. The molecule has 2 N–H and O–H groups in total.